The van der Waals surface area contributed by atoms with Gasteiger partial charge in [-0.15, -0.1) is 0 Å². The van der Waals surface area contributed by atoms with E-state index in [1.165, 1.54) is 7.11 Å². The summed E-state index contributed by atoms with van der Waals surface area (Å²) in [5.41, 5.74) is 1.04. The van der Waals surface area contributed by atoms with Gasteiger partial charge in [-0.25, -0.2) is 14.4 Å². The van der Waals surface area contributed by atoms with Crippen LogP contribution in [0.15, 0.2) is 36.4 Å². The van der Waals surface area contributed by atoms with E-state index in [2.05, 4.69) is 0 Å². The van der Waals surface area contributed by atoms with Crippen LogP contribution in [0.1, 0.15) is 10.4 Å². The SMILES string of the molecule is COC(=O)c1cc(N2CCN(C(=O)O)[C@H](C(=O)O)C2)cc2ccccc12. The molecule has 8 nitrogen and oxygen atoms in total. The summed E-state index contributed by atoms with van der Waals surface area (Å²) in [4.78, 5) is 37.6. The highest BCUT2D eigenvalue weighted by atomic mass is 16.5. The van der Waals surface area contributed by atoms with Crippen LogP contribution < -0.4 is 4.90 Å². The van der Waals surface area contributed by atoms with E-state index in [4.69, 9.17) is 4.74 Å². The summed E-state index contributed by atoms with van der Waals surface area (Å²) in [6.45, 7) is 0.391. The third-order valence-electron chi connectivity index (χ3n) is 4.53. The Hall–Kier alpha value is -3.29. The number of hydrogen-bond acceptors (Lipinski definition) is 5. The second kappa shape index (κ2) is 6.91. The smallest absolute Gasteiger partial charge is 0.408 e. The molecule has 2 aromatic rings. The number of nitrogens with zero attached hydrogens (tertiary/aromatic N) is 2. The van der Waals surface area contributed by atoms with Gasteiger partial charge < -0.3 is 19.8 Å². The van der Waals surface area contributed by atoms with Crippen LogP contribution in [0, 0.1) is 0 Å². The fraction of sp³-hybridized carbons (Fsp3) is 0.278. The molecule has 8 heteroatoms. The van der Waals surface area contributed by atoms with Crippen LogP contribution in [0.25, 0.3) is 10.8 Å². The van der Waals surface area contributed by atoms with Crippen LogP contribution in [0.3, 0.4) is 0 Å². The Morgan fingerprint density at radius 1 is 1.12 bits per heavy atom. The van der Waals surface area contributed by atoms with Crippen LogP contribution in [0.2, 0.25) is 0 Å². The Bertz CT molecular complexity index is 881. The molecule has 1 amide bonds. The van der Waals surface area contributed by atoms with E-state index >= 15 is 0 Å². The summed E-state index contributed by atoms with van der Waals surface area (Å²) in [6.07, 6.45) is -1.26. The zero-order chi connectivity index (χ0) is 18.8. The van der Waals surface area contributed by atoms with Gasteiger partial charge in [0.25, 0.3) is 0 Å². The minimum atomic E-state index is -1.26. The van der Waals surface area contributed by atoms with Crippen molar-refractivity contribution < 1.29 is 29.3 Å². The van der Waals surface area contributed by atoms with Crippen LogP contribution in [-0.2, 0) is 9.53 Å². The lowest BCUT2D eigenvalue weighted by atomic mass is 10.0. The lowest BCUT2D eigenvalue weighted by Gasteiger charge is -2.39. The summed E-state index contributed by atoms with van der Waals surface area (Å²) >= 11 is 0. The highest BCUT2D eigenvalue weighted by Gasteiger charge is 2.35. The molecule has 1 saturated heterocycles. The first-order valence-corrected chi connectivity index (χ1v) is 8.01. The largest absolute Gasteiger partial charge is 0.480 e. The van der Waals surface area contributed by atoms with Crippen molar-refractivity contribution in [1.82, 2.24) is 4.90 Å². The maximum atomic E-state index is 12.2. The van der Waals surface area contributed by atoms with Crippen LogP contribution in [0.4, 0.5) is 10.5 Å². The molecule has 0 unspecified atom stereocenters. The average molecular weight is 358 g/mol. The lowest BCUT2D eigenvalue weighted by molar-refractivity contribution is -0.142. The second-order valence-corrected chi connectivity index (χ2v) is 5.98. The summed E-state index contributed by atoms with van der Waals surface area (Å²) in [5, 5.41) is 20.1. The third-order valence-corrected chi connectivity index (χ3v) is 4.53. The minimum absolute atomic E-state index is 0.000582. The number of carbonyl (C=O) groups is 3. The number of carboxylic acid groups (broad SMARTS) is 2. The van der Waals surface area contributed by atoms with Crippen LogP contribution >= 0.6 is 0 Å². The van der Waals surface area contributed by atoms with Crippen molar-refractivity contribution >= 4 is 34.5 Å². The maximum absolute atomic E-state index is 12.2. The number of amides is 1. The van der Waals surface area contributed by atoms with Crippen LogP contribution in [0.5, 0.6) is 0 Å². The van der Waals surface area contributed by atoms with Gasteiger partial charge >= 0.3 is 18.0 Å². The van der Waals surface area contributed by atoms with Crippen LogP contribution in [-0.4, -0.2) is 65.9 Å². The Labute approximate surface area is 149 Å². The summed E-state index contributed by atoms with van der Waals surface area (Å²) in [5.74, 6) is -1.69. The molecule has 26 heavy (non-hydrogen) atoms. The zero-order valence-corrected chi connectivity index (χ0v) is 14.1. The van der Waals surface area contributed by atoms with Gasteiger partial charge in [0.05, 0.1) is 12.7 Å². The molecular weight excluding hydrogens is 340 g/mol. The first-order chi connectivity index (χ1) is 12.4. The van der Waals surface area contributed by atoms with E-state index in [0.717, 1.165) is 15.7 Å². The number of fused-ring (bicyclic) bond motifs is 1. The monoisotopic (exact) mass is 358 g/mol. The highest BCUT2D eigenvalue weighted by molar-refractivity contribution is 6.06. The van der Waals surface area contributed by atoms with Gasteiger partial charge in [-0.3, -0.25) is 4.90 Å². The molecule has 1 atom stereocenters. The zero-order valence-electron chi connectivity index (χ0n) is 14.1. The van der Waals surface area contributed by atoms with Gasteiger partial charge in [-0.2, -0.15) is 0 Å². The van der Waals surface area contributed by atoms with Gasteiger partial charge in [0.2, 0.25) is 0 Å². The van der Waals surface area contributed by atoms with Gasteiger partial charge in [0, 0.05) is 25.3 Å². The van der Waals surface area contributed by atoms with E-state index in [9.17, 15) is 24.6 Å². The molecule has 2 N–H and O–H groups in total. The molecule has 0 bridgehead atoms. The van der Waals surface area contributed by atoms with Gasteiger partial charge in [-0.1, -0.05) is 24.3 Å². The van der Waals surface area contributed by atoms with E-state index < -0.39 is 24.1 Å². The molecule has 0 aliphatic carbocycles. The van der Waals surface area contributed by atoms with Gasteiger partial charge in [-0.05, 0) is 22.9 Å². The lowest BCUT2D eigenvalue weighted by Crippen LogP contribution is -2.58. The molecule has 1 heterocycles. The standard InChI is InChI=1S/C18H18N2O6/c1-26-17(23)14-9-12(8-11-4-2-3-5-13(11)14)19-6-7-20(18(24)25)15(10-19)16(21)22/h2-5,8-9,15H,6-7,10H2,1H3,(H,21,22)(H,24,25)/t15-/m0/s1. The summed E-state index contributed by atoms with van der Waals surface area (Å²) < 4.78 is 4.86. The first kappa shape index (κ1) is 17.5. The quantitative estimate of drug-likeness (QED) is 0.807. The predicted octanol–water partition coefficient (Wildman–Crippen LogP) is 1.88. The molecule has 0 radical (unpaired) electrons. The van der Waals surface area contributed by atoms with E-state index in [-0.39, 0.29) is 13.1 Å². The molecule has 3 rings (SSSR count). The number of piperazine rings is 1. The van der Waals surface area contributed by atoms with E-state index in [0.29, 0.717) is 17.8 Å². The van der Waals surface area contributed by atoms with Crippen molar-refractivity contribution in [1.29, 1.82) is 0 Å². The van der Waals surface area contributed by atoms with Crippen molar-refractivity contribution in [3.8, 4) is 0 Å². The van der Waals surface area contributed by atoms with Crippen molar-refractivity contribution in [2.24, 2.45) is 0 Å². The summed E-state index contributed by atoms with van der Waals surface area (Å²) in [6, 6.07) is 9.67. The molecular formula is C18H18N2O6. The van der Waals surface area contributed by atoms with Crippen molar-refractivity contribution in [3.05, 3.63) is 42.0 Å². The number of methoxy groups -OCH3 is 1. The summed E-state index contributed by atoms with van der Waals surface area (Å²) in [7, 11) is 1.30. The Kier molecular flexibility index (Phi) is 4.66. The molecule has 1 aliphatic rings. The fourth-order valence-electron chi connectivity index (χ4n) is 3.21. The van der Waals surface area contributed by atoms with E-state index in [1.807, 2.05) is 30.3 Å². The predicted molar refractivity (Wildman–Crippen MR) is 93.7 cm³/mol. The average Bonchev–Trinajstić information content (AvgIpc) is 2.65. The molecule has 136 valence electrons. The van der Waals surface area contributed by atoms with Crippen molar-refractivity contribution in [2.75, 3.05) is 31.6 Å². The maximum Gasteiger partial charge on any atom is 0.408 e. The number of rotatable bonds is 3. The number of aliphatic carboxylic acids is 1. The Morgan fingerprint density at radius 3 is 2.50 bits per heavy atom. The third kappa shape index (κ3) is 3.13. The van der Waals surface area contributed by atoms with Gasteiger partial charge in [0.15, 0.2) is 0 Å². The molecule has 0 spiro atoms. The Morgan fingerprint density at radius 2 is 1.85 bits per heavy atom. The highest BCUT2D eigenvalue weighted by Crippen LogP contribution is 2.28. The van der Waals surface area contributed by atoms with Crippen molar-refractivity contribution in [2.45, 2.75) is 6.04 Å². The number of anilines is 1. The van der Waals surface area contributed by atoms with E-state index in [1.54, 1.807) is 11.0 Å². The number of carbonyl (C=O) groups excluding carboxylic acids is 1. The van der Waals surface area contributed by atoms with Gasteiger partial charge in [0.1, 0.15) is 6.04 Å². The number of carboxylic acids is 1. The normalized spacial score (nSPS) is 17.2. The second-order valence-electron chi connectivity index (χ2n) is 5.98. The number of ether oxygens (including phenoxy) is 1. The molecule has 2 aromatic carbocycles. The molecule has 0 aromatic heterocycles. The Balaban J connectivity index is 2.01. The number of esters is 1. The van der Waals surface area contributed by atoms with Crippen molar-refractivity contribution in [3.63, 3.8) is 0 Å². The molecule has 1 fully saturated rings. The fourth-order valence-corrected chi connectivity index (χ4v) is 3.21. The minimum Gasteiger partial charge on any atom is -0.480 e. The topological polar surface area (TPSA) is 107 Å². The number of hydrogen-bond donors (Lipinski definition) is 2. The molecule has 0 saturated carbocycles. The molecule has 1 aliphatic heterocycles. The number of benzene rings is 2. The first-order valence-electron chi connectivity index (χ1n) is 8.01.